The molecule has 0 fully saturated rings. The molecule has 0 spiro atoms. The zero-order valence-electron chi connectivity index (χ0n) is 8.61. The Morgan fingerprint density at radius 3 is 2.69 bits per heavy atom. The fourth-order valence-corrected chi connectivity index (χ4v) is 1.48. The van der Waals surface area contributed by atoms with Gasteiger partial charge >= 0.3 is 5.97 Å². The molecule has 1 heterocycles. The van der Waals surface area contributed by atoms with Crippen molar-refractivity contribution in [2.24, 2.45) is 0 Å². The molecule has 0 aliphatic heterocycles. The van der Waals surface area contributed by atoms with Crippen LogP contribution in [0.1, 0.15) is 25.1 Å². The number of rotatable bonds is 4. The molecule has 0 saturated heterocycles. The summed E-state index contributed by atoms with van der Waals surface area (Å²) in [5.74, 6) is -1.26. The van der Waals surface area contributed by atoms with Gasteiger partial charge in [0.2, 0.25) is 5.91 Å². The Kier molecular flexibility index (Phi) is 4.42. The maximum Gasteiger partial charge on any atom is 0.305 e. The van der Waals surface area contributed by atoms with E-state index in [-0.39, 0.29) is 12.3 Å². The fraction of sp³-hybridized carbons (Fsp3) is 0.300. The second-order valence-electron chi connectivity index (χ2n) is 3.25. The van der Waals surface area contributed by atoms with Crippen LogP contribution < -0.4 is 5.32 Å². The van der Waals surface area contributed by atoms with Crippen molar-refractivity contribution in [1.82, 2.24) is 10.3 Å². The average Bonchev–Trinajstić information content (AvgIpc) is 2.16. The van der Waals surface area contributed by atoms with E-state index in [0.717, 1.165) is 4.47 Å². The molecule has 1 rings (SSSR count). The quantitative estimate of drug-likeness (QED) is 0.879. The van der Waals surface area contributed by atoms with Crippen LogP contribution in [0.25, 0.3) is 0 Å². The van der Waals surface area contributed by atoms with Crippen LogP contribution >= 0.6 is 15.9 Å². The smallest absolute Gasteiger partial charge is 0.305 e. The van der Waals surface area contributed by atoms with Crippen LogP contribution in [0.4, 0.5) is 0 Å². The van der Waals surface area contributed by atoms with E-state index in [1.165, 1.54) is 6.92 Å². The molecule has 1 amide bonds. The van der Waals surface area contributed by atoms with E-state index in [2.05, 4.69) is 26.2 Å². The third-order valence-corrected chi connectivity index (χ3v) is 2.33. The molecule has 0 aromatic carbocycles. The number of halogens is 1. The minimum absolute atomic E-state index is 0.186. The van der Waals surface area contributed by atoms with Crippen molar-refractivity contribution >= 4 is 27.8 Å². The van der Waals surface area contributed by atoms with Gasteiger partial charge in [-0.05, 0) is 28.1 Å². The van der Waals surface area contributed by atoms with Crippen molar-refractivity contribution in [3.8, 4) is 0 Å². The largest absolute Gasteiger partial charge is 0.481 e. The first-order valence-corrected chi connectivity index (χ1v) is 5.38. The number of amides is 1. The molecule has 1 aromatic rings. The molecule has 1 atom stereocenters. The van der Waals surface area contributed by atoms with Gasteiger partial charge in [-0.1, -0.05) is 0 Å². The molecule has 1 aromatic heterocycles. The van der Waals surface area contributed by atoms with Crippen molar-refractivity contribution in [3.05, 3.63) is 28.5 Å². The lowest BCUT2D eigenvalue weighted by Crippen LogP contribution is -2.28. The molecule has 0 radical (unpaired) electrons. The second-order valence-corrected chi connectivity index (χ2v) is 4.17. The Bertz CT molecular complexity index is 376. The van der Waals surface area contributed by atoms with Crippen molar-refractivity contribution in [1.29, 1.82) is 0 Å². The molecular weight excluding hydrogens is 276 g/mol. The van der Waals surface area contributed by atoms with Crippen LogP contribution in [0.3, 0.4) is 0 Å². The zero-order valence-corrected chi connectivity index (χ0v) is 10.2. The second kappa shape index (κ2) is 5.60. The number of nitrogens with zero attached hydrogens (tertiary/aromatic N) is 1. The van der Waals surface area contributed by atoms with Crippen molar-refractivity contribution in [2.45, 2.75) is 19.4 Å². The van der Waals surface area contributed by atoms with E-state index < -0.39 is 12.0 Å². The number of pyridine rings is 1. The summed E-state index contributed by atoms with van der Waals surface area (Å²) < 4.78 is 0.799. The monoisotopic (exact) mass is 286 g/mol. The number of hydrogen-bond acceptors (Lipinski definition) is 3. The molecule has 0 bridgehead atoms. The van der Waals surface area contributed by atoms with Gasteiger partial charge in [0.25, 0.3) is 0 Å². The van der Waals surface area contributed by atoms with Gasteiger partial charge in [-0.15, -0.1) is 0 Å². The van der Waals surface area contributed by atoms with E-state index in [4.69, 9.17) is 5.11 Å². The number of aromatic nitrogens is 1. The van der Waals surface area contributed by atoms with Crippen molar-refractivity contribution in [3.63, 3.8) is 0 Å². The van der Waals surface area contributed by atoms with Gasteiger partial charge in [0.1, 0.15) is 0 Å². The Morgan fingerprint density at radius 1 is 1.56 bits per heavy atom. The maximum absolute atomic E-state index is 10.9. The van der Waals surface area contributed by atoms with Crippen LogP contribution in [0.5, 0.6) is 0 Å². The molecule has 0 unspecified atom stereocenters. The highest BCUT2D eigenvalue weighted by molar-refractivity contribution is 9.10. The number of nitrogens with one attached hydrogen (secondary N) is 1. The van der Waals surface area contributed by atoms with E-state index in [0.29, 0.717) is 5.69 Å². The number of hydrogen-bond donors (Lipinski definition) is 2. The first kappa shape index (κ1) is 12.6. The Balaban J connectivity index is 2.86. The van der Waals surface area contributed by atoms with Crippen LogP contribution in [0, 0.1) is 0 Å². The van der Waals surface area contributed by atoms with Gasteiger partial charge in [0.05, 0.1) is 18.2 Å². The van der Waals surface area contributed by atoms with E-state index >= 15 is 0 Å². The predicted octanol–water partition coefficient (Wildman–Crippen LogP) is 1.50. The Hall–Kier alpha value is -1.43. The summed E-state index contributed by atoms with van der Waals surface area (Å²) in [6.07, 6.45) is 1.38. The predicted molar refractivity (Wildman–Crippen MR) is 60.7 cm³/mol. The van der Waals surface area contributed by atoms with Gasteiger partial charge in [0, 0.05) is 17.6 Å². The highest BCUT2D eigenvalue weighted by Crippen LogP contribution is 2.16. The summed E-state index contributed by atoms with van der Waals surface area (Å²) in [5, 5.41) is 11.3. The third-order valence-electron chi connectivity index (χ3n) is 1.86. The van der Waals surface area contributed by atoms with Crippen LogP contribution in [-0.2, 0) is 9.59 Å². The molecule has 86 valence electrons. The highest BCUT2D eigenvalue weighted by atomic mass is 79.9. The molecule has 0 aliphatic carbocycles. The standard InChI is InChI=1S/C10H11BrN2O3/c1-6(14)13-9(4-10(15)16)8-3-2-7(11)5-12-8/h2-3,5,9H,4H2,1H3,(H,13,14)(H,15,16)/t9-/m0/s1. The highest BCUT2D eigenvalue weighted by Gasteiger charge is 2.17. The van der Waals surface area contributed by atoms with E-state index in [9.17, 15) is 9.59 Å². The van der Waals surface area contributed by atoms with Gasteiger partial charge in [-0.3, -0.25) is 14.6 Å². The topological polar surface area (TPSA) is 79.3 Å². The normalized spacial score (nSPS) is 11.9. The molecule has 16 heavy (non-hydrogen) atoms. The molecule has 6 heteroatoms. The van der Waals surface area contributed by atoms with Crippen LogP contribution in [0.15, 0.2) is 22.8 Å². The molecule has 2 N–H and O–H groups in total. The first-order chi connectivity index (χ1) is 7.49. The average molecular weight is 287 g/mol. The lowest BCUT2D eigenvalue weighted by molar-refractivity contribution is -0.137. The number of aliphatic carboxylic acids is 1. The summed E-state index contributed by atoms with van der Waals surface area (Å²) in [5.41, 5.74) is 0.529. The molecular formula is C10H11BrN2O3. The number of carbonyl (C=O) groups excluding carboxylic acids is 1. The summed E-state index contributed by atoms with van der Waals surface area (Å²) in [6.45, 7) is 1.34. The minimum Gasteiger partial charge on any atom is -0.481 e. The van der Waals surface area contributed by atoms with Gasteiger partial charge in [-0.2, -0.15) is 0 Å². The van der Waals surface area contributed by atoms with Crippen molar-refractivity contribution in [2.75, 3.05) is 0 Å². The van der Waals surface area contributed by atoms with Gasteiger partial charge in [0.15, 0.2) is 0 Å². The lowest BCUT2D eigenvalue weighted by atomic mass is 10.1. The molecule has 0 aliphatic rings. The summed E-state index contributed by atoms with van der Waals surface area (Å²) in [7, 11) is 0. The Morgan fingerprint density at radius 2 is 2.25 bits per heavy atom. The molecule has 5 nitrogen and oxygen atoms in total. The zero-order chi connectivity index (χ0) is 12.1. The third kappa shape index (κ3) is 3.98. The van der Waals surface area contributed by atoms with Gasteiger partial charge < -0.3 is 10.4 Å². The summed E-state index contributed by atoms with van der Waals surface area (Å²) in [6, 6.07) is 2.83. The van der Waals surface area contributed by atoms with Crippen LogP contribution in [0.2, 0.25) is 0 Å². The fourth-order valence-electron chi connectivity index (χ4n) is 1.24. The van der Waals surface area contributed by atoms with E-state index in [1.807, 2.05) is 0 Å². The van der Waals surface area contributed by atoms with Crippen LogP contribution in [-0.4, -0.2) is 22.0 Å². The molecule has 0 saturated carbocycles. The summed E-state index contributed by atoms with van der Waals surface area (Å²) >= 11 is 3.23. The van der Waals surface area contributed by atoms with E-state index in [1.54, 1.807) is 18.3 Å². The minimum atomic E-state index is -0.983. The lowest BCUT2D eigenvalue weighted by Gasteiger charge is -2.15. The number of carbonyl (C=O) groups is 2. The number of carboxylic acids is 1. The van der Waals surface area contributed by atoms with Gasteiger partial charge in [-0.25, -0.2) is 0 Å². The first-order valence-electron chi connectivity index (χ1n) is 4.59. The maximum atomic E-state index is 10.9. The van der Waals surface area contributed by atoms with Crippen molar-refractivity contribution < 1.29 is 14.7 Å². The number of carboxylic acid groups (broad SMARTS) is 1. The Labute approximate surface area is 101 Å². The summed E-state index contributed by atoms with van der Waals surface area (Å²) in [4.78, 5) is 25.6. The SMILES string of the molecule is CC(=O)N[C@@H](CC(=O)O)c1ccc(Br)cn1.